The van der Waals surface area contributed by atoms with Crippen LogP contribution in [0.3, 0.4) is 0 Å². The highest BCUT2D eigenvalue weighted by Crippen LogP contribution is 2.15. The number of rotatable bonds is 2. The molecule has 13 heavy (non-hydrogen) atoms. The minimum atomic E-state index is -0.463. The molecule has 1 heterocycles. The van der Waals surface area contributed by atoms with Gasteiger partial charge in [0.15, 0.2) is 0 Å². The second-order valence-electron chi connectivity index (χ2n) is 2.39. The van der Waals surface area contributed by atoms with Gasteiger partial charge in [-0.2, -0.15) is 4.99 Å². The first kappa shape index (κ1) is 9.22. The summed E-state index contributed by atoms with van der Waals surface area (Å²) in [4.78, 5) is 24.4. The Kier molecular flexibility index (Phi) is 2.62. The third kappa shape index (κ3) is 1.83. The highest BCUT2D eigenvalue weighted by molar-refractivity contribution is 5.88. The van der Waals surface area contributed by atoms with E-state index in [1.54, 1.807) is 7.05 Å². The van der Waals surface area contributed by atoms with Gasteiger partial charge in [0.2, 0.25) is 6.08 Å². The Hall–Kier alpha value is -1.87. The Morgan fingerprint density at radius 3 is 2.92 bits per heavy atom. The lowest BCUT2D eigenvalue weighted by molar-refractivity contribution is 0.0590. The number of hydrogen-bond acceptors (Lipinski definition) is 4. The van der Waals surface area contributed by atoms with Crippen molar-refractivity contribution in [3.8, 4) is 0 Å². The van der Waals surface area contributed by atoms with E-state index >= 15 is 0 Å². The summed E-state index contributed by atoms with van der Waals surface area (Å²) in [6.07, 6.45) is 2.93. The van der Waals surface area contributed by atoms with Crippen molar-refractivity contribution in [3.05, 3.63) is 18.0 Å². The average Bonchev–Trinajstić information content (AvgIpc) is 2.46. The van der Waals surface area contributed by atoms with Crippen LogP contribution in [0.2, 0.25) is 0 Å². The number of isocyanates is 1. The van der Waals surface area contributed by atoms with Crippen molar-refractivity contribution in [1.82, 2.24) is 4.57 Å². The number of aliphatic imine (C=N–C) groups is 1. The molecule has 5 heteroatoms. The SMILES string of the molecule is COC(=O)c1cc(N=C=O)cn1C. The van der Waals surface area contributed by atoms with Gasteiger partial charge in [0.25, 0.3) is 0 Å². The van der Waals surface area contributed by atoms with Crippen LogP contribution in [0, 0.1) is 0 Å². The maximum Gasteiger partial charge on any atom is 0.354 e. The van der Waals surface area contributed by atoms with Crippen molar-refractivity contribution >= 4 is 17.7 Å². The van der Waals surface area contributed by atoms with Crippen molar-refractivity contribution in [2.75, 3.05) is 7.11 Å². The molecule has 5 nitrogen and oxygen atoms in total. The van der Waals surface area contributed by atoms with E-state index in [4.69, 9.17) is 0 Å². The molecule has 0 fully saturated rings. The molecule has 0 aliphatic heterocycles. The first-order valence-corrected chi connectivity index (χ1v) is 3.51. The number of esters is 1. The highest BCUT2D eigenvalue weighted by Gasteiger charge is 2.10. The Labute approximate surface area is 74.6 Å². The number of carbonyl (C=O) groups is 1. The van der Waals surface area contributed by atoms with Crippen molar-refractivity contribution in [1.29, 1.82) is 0 Å². The molecular formula is C8H8N2O3. The van der Waals surface area contributed by atoms with Gasteiger partial charge in [0.05, 0.1) is 12.8 Å². The van der Waals surface area contributed by atoms with E-state index in [1.165, 1.54) is 30.0 Å². The van der Waals surface area contributed by atoms with Crippen molar-refractivity contribution < 1.29 is 14.3 Å². The largest absolute Gasteiger partial charge is 0.464 e. The molecule has 0 bridgehead atoms. The van der Waals surface area contributed by atoms with E-state index in [0.717, 1.165) is 0 Å². The van der Waals surface area contributed by atoms with Crippen LogP contribution in [0.5, 0.6) is 0 Å². The number of aromatic nitrogens is 1. The molecule has 0 radical (unpaired) electrons. The van der Waals surface area contributed by atoms with Gasteiger partial charge in [-0.1, -0.05) is 0 Å². The molecule has 0 amide bonds. The van der Waals surface area contributed by atoms with Gasteiger partial charge in [0, 0.05) is 13.2 Å². The third-order valence-electron chi connectivity index (χ3n) is 1.56. The van der Waals surface area contributed by atoms with Crippen molar-refractivity contribution in [2.45, 2.75) is 0 Å². The van der Waals surface area contributed by atoms with Crippen LogP contribution in [0.4, 0.5) is 5.69 Å². The quantitative estimate of drug-likeness (QED) is 0.384. The number of aryl methyl sites for hydroxylation is 1. The molecule has 0 N–H and O–H groups in total. The summed E-state index contributed by atoms with van der Waals surface area (Å²) in [5.74, 6) is -0.463. The normalized spacial score (nSPS) is 9.08. The fraction of sp³-hybridized carbons (Fsp3) is 0.250. The summed E-state index contributed by atoms with van der Waals surface area (Å²) in [7, 11) is 2.95. The fourth-order valence-electron chi connectivity index (χ4n) is 0.968. The van der Waals surface area contributed by atoms with Crippen LogP contribution in [-0.2, 0) is 16.6 Å². The molecule has 0 aromatic carbocycles. The topological polar surface area (TPSA) is 60.7 Å². The van der Waals surface area contributed by atoms with Crippen LogP contribution < -0.4 is 0 Å². The van der Waals surface area contributed by atoms with Gasteiger partial charge in [-0.15, -0.1) is 0 Å². The van der Waals surface area contributed by atoms with Crippen LogP contribution >= 0.6 is 0 Å². The number of hydrogen-bond donors (Lipinski definition) is 0. The van der Waals surface area contributed by atoms with Crippen LogP contribution in [0.25, 0.3) is 0 Å². The van der Waals surface area contributed by atoms with Crippen LogP contribution in [0.15, 0.2) is 17.3 Å². The number of ether oxygens (including phenoxy) is 1. The summed E-state index contributed by atoms with van der Waals surface area (Å²) >= 11 is 0. The molecule has 1 aromatic rings. The maximum atomic E-state index is 11.1. The Balaban J connectivity index is 3.09. The Morgan fingerprint density at radius 1 is 1.69 bits per heavy atom. The summed E-state index contributed by atoms with van der Waals surface area (Å²) in [6.45, 7) is 0. The molecule has 0 unspecified atom stereocenters. The Bertz CT molecular complexity index is 375. The lowest BCUT2D eigenvalue weighted by Crippen LogP contribution is -2.06. The summed E-state index contributed by atoms with van der Waals surface area (Å²) in [6, 6.07) is 1.46. The fourth-order valence-corrected chi connectivity index (χ4v) is 0.968. The van der Waals surface area contributed by atoms with Crippen LogP contribution in [-0.4, -0.2) is 23.7 Å². The lowest BCUT2D eigenvalue weighted by Gasteiger charge is -1.98. The van der Waals surface area contributed by atoms with Gasteiger partial charge >= 0.3 is 5.97 Å². The van der Waals surface area contributed by atoms with E-state index in [1.807, 2.05) is 0 Å². The van der Waals surface area contributed by atoms with E-state index < -0.39 is 5.97 Å². The van der Waals surface area contributed by atoms with Gasteiger partial charge in [0.1, 0.15) is 5.69 Å². The van der Waals surface area contributed by atoms with E-state index in [-0.39, 0.29) is 0 Å². The van der Waals surface area contributed by atoms with Crippen LogP contribution in [0.1, 0.15) is 10.5 Å². The zero-order valence-electron chi connectivity index (χ0n) is 7.27. The molecule has 0 aliphatic carbocycles. The number of methoxy groups -OCH3 is 1. The summed E-state index contributed by atoms with van der Waals surface area (Å²) in [5.41, 5.74) is 0.731. The second-order valence-corrected chi connectivity index (χ2v) is 2.39. The highest BCUT2D eigenvalue weighted by atomic mass is 16.5. The minimum Gasteiger partial charge on any atom is -0.464 e. The van der Waals surface area contributed by atoms with Crippen molar-refractivity contribution in [3.63, 3.8) is 0 Å². The lowest BCUT2D eigenvalue weighted by atomic mass is 10.4. The molecule has 68 valence electrons. The zero-order chi connectivity index (χ0) is 9.84. The smallest absolute Gasteiger partial charge is 0.354 e. The van der Waals surface area contributed by atoms with Crippen molar-refractivity contribution in [2.24, 2.45) is 12.0 Å². The van der Waals surface area contributed by atoms with Gasteiger partial charge < -0.3 is 9.30 Å². The summed E-state index contributed by atoms with van der Waals surface area (Å²) in [5, 5.41) is 0. The molecule has 0 aliphatic rings. The molecular weight excluding hydrogens is 172 g/mol. The van der Waals surface area contributed by atoms with E-state index in [0.29, 0.717) is 11.4 Å². The van der Waals surface area contributed by atoms with Gasteiger partial charge in [-0.05, 0) is 6.07 Å². The van der Waals surface area contributed by atoms with E-state index in [2.05, 4.69) is 9.73 Å². The predicted molar refractivity (Wildman–Crippen MR) is 44.5 cm³/mol. The number of carbonyl (C=O) groups excluding carboxylic acids is 2. The third-order valence-corrected chi connectivity index (χ3v) is 1.56. The molecule has 1 rings (SSSR count). The number of nitrogens with zero attached hydrogens (tertiary/aromatic N) is 2. The average molecular weight is 180 g/mol. The molecule has 1 aromatic heterocycles. The van der Waals surface area contributed by atoms with Gasteiger partial charge in [-0.3, -0.25) is 0 Å². The first-order valence-electron chi connectivity index (χ1n) is 3.51. The van der Waals surface area contributed by atoms with E-state index in [9.17, 15) is 9.59 Å². The molecule has 0 spiro atoms. The minimum absolute atomic E-state index is 0.344. The summed E-state index contributed by atoms with van der Waals surface area (Å²) < 4.78 is 6.04. The van der Waals surface area contributed by atoms with Gasteiger partial charge in [-0.25, -0.2) is 9.59 Å². The first-order chi connectivity index (χ1) is 6.19. The second kappa shape index (κ2) is 3.69. The standard InChI is InChI=1S/C8H8N2O3/c1-10-4-6(9-5-11)3-7(10)8(12)13-2/h3-4H,1-2H3. The Morgan fingerprint density at radius 2 is 2.38 bits per heavy atom. The molecule has 0 saturated heterocycles. The zero-order valence-corrected chi connectivity index (χ0v) is 7.27. The molecule has 0 saturated carbocycles. The predicted octanol–water partition coefficient (Wildman–Crippen LogP) is 0.779. The monoisotopic (exact) mass is 180 g/mol. The maximum absolute atomic E-state index is 11.1. The molecule has 0 atom stereocenters.